The molecule has 12 heavy (non-hydrogen) atoms. The number of rotatable bonds is 1. The normalized spacial score (nSPS) is 9.17. The van der Waals surface area contributed by atoms with Crippen LogP contribution in [0.25, 0.3) is 0 Å². The molecule has 1 aromatic rings. The predicted octanol–water partition coefficient (Wildman–Crippen LogP) is 2.54. The highest BCUT2D eigenvalue weighted by Crippen LogP contribution is 2.31. The molecular formula is C7H4Cl2N2O. The largest absolute Gasteiger partial charge is 0.396 e. The molecule has 1 rings (SSSR count). The van der Waals surface area contributed by atoms with Gasteiger partial charge in [0, 0.05) is 0 Å². The molecule has 0 aliphatic heterocycles. The average Bonchev–Trinajstić information content (AvgIpc) is 2.01. The van der Waals surface area contributed by atoms with Gasteiger partial charge < -0.3 is 5.73 Å². The maximum Gasteiger partial charge on any atom is 0.240 e. The zero-order chi connectivity index (χ0) is 9.14. The molecule has 3 nitrogen and oxygen atoms in total. The van der Waals surface area contributed by atoms with E-state index in [9.17, 15) is 4.79 Å². The van der Waals surface area contributed by atoms with Crippen LogP contribution in [0.1, 0.15) is 0 Å². The summed E-state index contributed by atoms with van der Waals surface area (Å²) in [6, 6.07) is 2.88. The Morgan fingerprint density at radius 1 is 1.33 bits per heavy atom. The Balaban J connectivity index is 3.30. The van der Waals surface area contributed by atoms with Gasteiger partial charge >= 0.3 is 0 Å². The van der Waals surface area contributed by atoms with Gasteiger partial charge in [-0.05, 0) is 12.1 Å². The summed E-state index contributed by atoms with van der Waals surface area (Å²) in [7, 11) is 0. The Kier molecular flexibility index (Phi) is 2.71. The summed E-state index contributed by atoms with van der Waals surface area (Å²) in [5.74, 6) is 0. The molecule has 0 amide bonds. The van der Waals surface area contributed by atoms with Crippen LogP contribution in [-0.2, 0) is 4.79 Å². The molecule has 0 saturated carbocycles. The molecule has 62 valence electrons. The van der Waals surface area contributed by atoms with Crippen molar-refractivity contribution in [2.75, 3.05) is 5.73 Å². The summed E-state index contributed by atoms with van der Waals surface area (Å²) < 4.78 is 0. The molecule has 0 unspecified atom stereocenters. The first-order valence-electron chi connectivity index (χ1n) is 2.97. The van der Waals surface area contributed by atoms with Crippen molar-refractivity contribution in [3.05, 3.63) is 22.2 Å². The molecule has 0 heterocycles. The Morgan fingerprint density at radius 3 is 2.25 bits per heavy atom. The molecule has 5 heteroatoms. The molecule has 0 fully saturated rings. The molecular weight excluding hydrogens is 199 g/mol. The van der Waals surface area contributed by atoms with Gasteiger partial charge in [0.25, 0.3) is 0 Å². The number of anilines is 1. The lowest BCUT2D eigenvalue weighted by molar-refractivity contribution is 0.565. The minimum Gasteiger partial charge on any atom is -0.396 e. The average molecular weight is 203 g/mol. The van der Waals surface area contributed by atoms with Crippen molar-refractivity contribution < 1.29 is 4.79 Å². The van der Waals surface area contributed by atoms with Crippen LogP contribution in [0, 0.1) is 0 Å². The van der Waals surface area contributed by atoms with Crippen LogP contribution >= 0.6 is 23.2 Å². The van der Waals surface area contributed by atoms with Gasteiger partial charge in [-0.1, -0.05) is 23.2 Å². The first kappa shape index (κ1) is 9.07. The predicted molar refractivity (Wildman–Crippen MR) is 48.7 cm³/mol. The van der Waals surface area contributed by atoms with E-state index in [1.165, 1.54) is 18.2 Å². The number of hydrogen-bond donors (Lipinski definition) is 1. The summed E-state index contributed by atoms with van der Waals surface area (Å²) in [5, 5.41) is 0.549. The fourth-order valence-corrected chi connectivity index (χ4v) is 1.16. The topological polar surface area (TPSA) is 55.4 Å². The van der Waals surface area contributed by atoms with Crippen molar-refractivity contribution in [3.8, 4) is 0 Å². The van der Waals surface area contributed by atoms with Crippen molar-refractivity contribution in [1.82, 2.24) is 0 Å². The van der Waals surface area contributed by atoms with E-state index in [1.54, 1.807) is 0 Å². The van der Waals surface area contributed by atoms with E-state index < -0.39 is 0 Å². The van der Waals surface area contributed by atoms with Crippen molar-refractivity contribution >= 4 is 40.7 Å². The number of aliphatic imine (C=N–C) groups is 1. The number of isocyanates is 1. The summed E-state index contributed by atoms with van der Waals surface area (Å²) >= 11 is 11.3. The fourth-order valence-electron chi connectivity index (χ4n) is 0.688. The first-order valence-corrected chi connectivity index (χ1v) is 3.73. The minimum absolute atomic E-state index is 0.275. The second-order valence-electron chi connectivity index (χ2n) is 2.03. The monoisotopic (exact) mass is 202 g/mol. The molecule has 1 aromatic carbocycles. The van der Waals surface area contributed by atoms with Crippen LogP contribution in [-0.4, -0.2) is 6.08 Å². The van der Waals surface area contributed by atoms with Crippen LogP contribution in [0.15, 0.2) is 17.1 Å². The molecule has 0 aliphatic rings. The number of nitrogens with two attached hydrogens (primary N) is 1. The molecule has 0 atom stereocenters. The Hall–Kier alpha value is -1.02. The van der Waals surface area contributed by atoms with Crippen LogP contribution in [0.4, 0.5) is 11.4 Å². The van der Waals surface area contributed by atoms with Crippen LogP contribution in [0.3, 0.4) is 0 Å². The van der Waals surface area contributed by atoms with Crippen LogP contribution < -0.4 is 5.73 Å². The number of carbonyl (C=O) groups excluding carboxylic acids is 1. The smallest absolute Gasteiger partial charge is 0.240 e. The van der Waals surface area contributed by atoms with Gasteiger partial charge in [0.2, 0.25) is 6.08 Å². The highest BCUT2D eigenvalue weighted by atomic mass is 35.5. The van der Waals surface area contributed by atoms with E-state index in [4.69, 9.17) is 28.9 Å². The van der Waals surface area contributed by atoms with Gasteiger partial charge in [0.15, 0.2) is 0 Å². The number of hydrogen-bond acceptors (Lipinski definition) is 3. The molecule has 2 N–H and O–H groups in total. The molecule has 0 aromatic heterocycles. The second kappa shape index (κ2) is 3.59. The van der Waals surface area contributed by atoms with Gasteiger partial charge in [-0.3, -0.25) is 0 Å². The SMILES string of the molecule is Nc1c(Cl)cc(N=C=O)cc1Cl. The third-order valence-corrected chi connectivity index (χ3v) is 1.86. The summed E-state index contributed by atoms with van der Waals surface area (Å²) in [5.41, 5.74) is 6.07. The van der Waals surface area contributed by atoms with Gasteiger partial charge in [-0.15, -0.1) is 0 Å². The van der Waals surface area contributed by atoms with Crippen molar-refractivity contribution in [1.29, 1.82) is 0 Å². The maximum absolute atomic E-state index is 9.87. The number of nitrogen functional groups attached to an aromatic ring is 1. The third-order valence-electron chi connectivity index (χ3n) is 1.24. The van der Waals surface area contributed by atoms with Crippen molar-refractivity contribution in [2.24, 2.45) is 4.99 Å². The number of nitrogens with zero attached hydrogens (tertiary/aromatic N) is 1. The Morgan fingerprint density at radius 2 is 1.83 bits per heavy atom. The Bertz CT molecular complexity index is 335. The molecule has 0 aliphatic carbocycles. The van der Waals surface area contributed by atoms with E-state index >= 15 is 0 Å². The van der Waals surface area contributed by atoms with E-state index in [0.717, 1.165) is 0 Å². The minimum atomic E-state index is 0.275. The standard InChI is InChI=1S/C7H4Cl2N2O/c8-5-1-4(11-3-12)2-6(9)7(5)10/h1-2H,10H2. The molecule has 0 bridgehead atoms. The van der Waals surface area contributed by atoms with E-state index in [2.05, 4.69) is 4.99 Å². The number of halogens is 2. The van der Waals surface area contributed by atoms with Gasteiger partial charge in [0.1, 0.15) is 0 Å². The lowest BCUT2D eigenvalue weighted by Crippen LogP contribution is -1.86. The number of benzene rings is 1. The van der Waals surface area contributed by atoms with Gasteiger partial charge in [-0.25, -0.2) is 4.79 Å². The van der Waals surface area contributed by atoms with Crippen molar-refractivity contribution in [2.45, 2.75) is 0 Å². The van der Waals surface area contributed by atoms with Crippen molar-refractivity contribution in [3.63, 3.8) is 0 Å². The van der Waals surface area contributed by atoms with Crippen LogP contribution in [0.2, 0.25) is 10.0 Å². The third kappa shape index (κ3) is 1.77. The molecule has 0 radical (unpaired) electrons. The first-order chi connectivity index (χ1) is 5.65. The van der Waals surface area contributed by atoms with Gasteiger partial charge in [-0.2, -0.15) is 4.99 Å². The lowest BCUT2D eigenvalue weighted by Gasteiger charge is -2.00. The quantitative estimate of drug-likeness (QED) is 0.433. The zero-order valence-corrected chi connectivity index (χ0v) is 7.36. The molecule has 0 saturated heterocycles. The highest BCUT2D eigenvalue weighted by Gasteiger charge is 2.03. The summed E-state index contributed by atoms with van der Waals surface area (Å²) in [4.78, 5) is 13.2. The van der Waals surface area contributed by atoms with Gasteiger partial charge in [0.05, 0.1) is 21.4 Å². The summed E-state index contributed by atoms with van der Waals surface area (Å²) in [6.45, 7) is 0. The highest BCUT2D eigenvalue weighted by molar-refractivity contribution is 6.39. The van der Waals surface area contributed by atoms with E-state index in [1.807, 2.05) is 0 Å². The maximum atomic E-state index is 9.87. The van der Waals surface area contributed by atoms with Crippen LogP contribution in [0.5, 0.6) is 0 Å². The lowest BCUT2D eigenvalue weighted by atomic mass is 10.3. The van der Waals surface area contributed by atoms with E-state index in [0.29, 0.717) is 5.69 Å². The zero-order valence-electron chi connectivity index (χ0n) is 5.84. The molecule has 0 spiro atoms. The fraction of sp³-hybridized carbons (Fsp3) is 0. The van der Waals surface area contributed by atoms with E-state index in [-0.39, 0.29) is 15.7 Å². The summed E-state index contributed by atoms with van der Waals surface area (Å²) in [6.07, 6.45) is 1.37. The second-order valence-corrected chi connectivity index (χ2v) is 2.84. The Labute approximate surface area is 78.8 Å².